The molecule has 0 radical (unpaired) electrons. The van der Waals surface area contributed by atoms with Gasteiger partial charge in [0.1, 0.15) is 5.69 Å². The zero-order valence-electron chi connectivity index (χ0n) is 11.7. The molecular weight excluding hydrogens is 311 g/mol. The van der Waals surface area contributed by atoms with Crippen LogP contribution in [0, 0.1) is 0 Å². The number of carbonyl (C=O) groups excluding carboxylic acids is 1. The van der Waals surface area contributed by atoms with Crippen LogP contribution in [0.25, 0.3) is 10.9 Å². The third kappa shape index (κ3) is 3.89. The van der Waals surface area contributed by atoms with Gasteiger partial charge in [-0.05, 0) is 30.7 Å². The van der Waals surface area contributed by atoms with E-state index in [0.29, 0.717) is 10.7 Å². The minimum Gasteiger partial charge on any atom is -0.370 e. The van der Waals surface area contributed by atoms with Crippen molar-refractivity contribution in [1.82, 2.24) is 4.57 Å². The first-order chi connectivity index (χ1) is 9.52. The standard InChI is InChI=1S/C14H17ClN4O.ClH/c1-2-3-6-19-11-5-4-10(15)7-9(11)8-12(19)13(20)18-14(16)17;/h4-5,7-8H,2-3,6H2,1H3,(H4,16,17,18,20);1H. The highest BCUT2D eigenvalue weighted by Gasteiger charge is 2.15. The second kappa shape index (κ2) is 7.33. The third-order valence-corrected chi connectivity index (χ3v) is 3.28. The lowest BCUT2D eigenvalue weighted by Gasteiger charge is -2.08. The number of carbonyl (C=O) groups is 1. The third-order valence-electron chi connectivity index (χ3n) is 3.05. The van der Waals surface area contributed by atoms with E-state index in [1.807, 2.05) is 16.7 Å². The van der Waals surface area contributed by atoms with Crippen molar-refractivity contribution in [2.24, 2.45) is 16.5 Å². The van der Waals surface area contributed by atoms with Crippen LogP contribution in [0.3, 0.4) is 0 Å². The van der Waals surface area contributed by atoms with E-state index in [0.717, 1.165) is 30.3 Å². The van der Waals surface area contributed by atoms with Crippen molar-refractivity contribution in [2.45, 2.75) is 26.3 Å². The molecule has 0 saturated heterocycles. The summed E-state index contributed by atoms with van der Waals surface area (Å²) in [5.74, 6) is -0.672. The second-order valence-electron chi connectivity index (χ2n) is 4.58. The van der Waals surface area contributed by atoms with Crippen LogP contribution in [0.1, 0.15) is 30.3 Å². The van der Waals surface area contributed by atoms with Gasteiger partial charge in [-0.25, -0.2) is 0 Å². The molecule has 5 nitrogen and oxygen atoms in total. The van der Waals surface area contributed by atoms with Gasteiger partial charge in [0.25, 0.3) is 5.91 Å². The number of hydrogen-bond donors (Lipinski definition) is 2. The predicted octanol–water partition coefficient (Wildman–Crippen LogP) is 2.93. The first kappa shape index (κ1) is 17.3. The van der Waals surface area contributed by atoms with Gasteiger partial charge >= 0.3 is 0 Å². The number of nitrogens with zero attached hydrogens (tertiary/aromatic N) is 2. The Kier molecular flexibility index (Phi) is 6.05. The zero-order valence-corrected chi connectivity index (χ0v) is 13.2. The van der Waals surface area contributed by atoms with Crippen LogP contribution < -0.4 is 11.5 Å². The first-order valence-electron chi connectivity index (χ1n) is 6.45. The summed E-state index contributed by atoms with van der Waals surface area (Å²) < 4.78 is 1.93. The lowest BCUT2D eigenvalue weighted by molar-refractivity contribution is 0.0994. The molecule has 0 aliphatic carbocycles. The highest BCUT2D eigenvalue weighted by molar-refractivity contribution is 6.31. The molecule has 1 amide bonds. The smallest absolute Gasteiger partial charge is 0.296 e. The number of halogens is 2. The van der Waals surface area contributed by atoms with Crippen molar-refractivity contribution in [1.29, 1.82) is 0 Å². The summed E-state index contributed by atoms with van der Waals surface area (Å²) in [6, 6.07) is 7.30. The number of benzene rings is 1. The Morgan fingerprint density at radius 3 is 2.67 bits per heavy atom. The number of nitrogens with two attached hydrogens (primary N) is 2. The Morgan fingerprint density at radius 1 is 1.33 bits per heavy atom. The summed E-state index contributed by atoms with van der Waals surface area (Å²) in [6.07, 6.45) is 2.00. The van der Waals surface area contributed by atoms with Crippen LogP contribution in [0.2, 0.25) is 5.02 Å². The van der Waals surface area contributed by atoms with Gasteiger partial charge in [0, 0.05) is 22.5 Å². The molecule has 2 rings (SSSR count). The Labute approximate surface area is 134 Å². The van der Waals surface area contributed by atoms with E-state index < -0.39 is 5.91 Å². The summed E-state index contributed by atoms with van der Waals surface area (Å²) in [6.45, 7) is 2.84. The second-order valence-corrected chi connectivity index (χ2v) is 5.02. The van der Waals surface area contributed by atoms with Crippen molar-refractivity contribution >= 4 is 46.8 Å². The average Bonchev–Trinajstić information content (AvgIpc) is 2.73. The fraction of sp³-hybridized carbons (Fsp3) is 0.286. The van der Waals surface area contributed by atoms with Crippen LogP contribution >= 0.6 is 24.0 Å². The summed E-state index contributed by atoms with van der Waals surface area (Å²) in [4.78, 5) is 15.7. The fourth-order valence-electron chi connectivity index (χ4n) is 2.15. The van der Waals surface area contributed by atoms with Crippen molar-refractivity contribution in [2.75, 3.05) is 0 Å². The molecule has 0 atom stereocenters. The summed E-state index contributed by atoms with van der Waals surface area (Å²) in [7, 11) is 0. The molecule has 1 aromatic heterocycles. The lowest BCUT2D eigenvalue weighted by atomic mass is 10.2. The number of rotatable bonds is 4. The monoisotopic (exact) mass is 328 g/mol. The summed E-state index contributed by atoms with van der Waals surface area (Å²) in [5.41, 5.74) is 12.0. The van der Waals surface area contributed by atoms with Crippen molar-refractivity contribution in [3.63, 3.8) is 0 Å². The van der Waals surface area contributed by atoms with Crippen LogP contribution in [-0.4, -0.2) is 16.4 Å². The number of aromatic nitrogens is 1. The van der Waals surface area contributed by atoms with E-state index in [1.54, 1.807) is 12.1 Å². The van der Waals surface area contributed by atoms with E-state index in [-0.39, 0.29) is 18.4 Å². The molecule has 0 aliphatic heterocycles. The molecule has 2 aromatic rings. The number of aliphatic imine (C=N–C) groups is 1. The number of unbranched alkanes of at least 4 members (excludes halogenated alkanes) is 1. The molecule has 0 saturated carbocycles. The molecule has 114 valence electrons. The highest BCUT2D eigenvalue weighted by Crippen LogP contribution is 2.24. The van der Waals surface area contributed by atoms with Crippen molar-refractivity contribution in [3.05, 3.63) is 35.0 Å². The van der Waals surface area contributed by atoms with Crippen LogP contribution in [0.5, 0.6) is 0 Å². The van der Waals surface area contributed by atoms with Crippen molar-refractivity contribution in [3.8, 4) is 0 Å². The summed E-state index contributed by atoms with van der Waals surface area (Å²) in [5, 5.41) is 1.54. The summed E-state index contributed by atoms with van der Waals surface area (Å²) >= 11 is 5.99. The fourth-order valence-corrected chi connectivity index (χ4v) is 2.33. The van der Waals surface area contributed by atoms with E-state index in [2.05, 4.69) is 11.9 Å². The van der Waals surface area contributed by atoms with E-state index >= 15 is 0 Å². The number of fused-ring (bicyclic) bond motifs is 1. The van der Waals surface area contributed by atoms with E-state index in [9.17, 15) is 4.79 Å². The maximum atomic E-state index is 12.1. The van der Waals surface area contributed by atoms with Crippen LogP contribution in [0.15, 0.2) is 29.3 Å². The number of hydrogen-bond acceptors (Lipinski definition) is 1. The molecule has 4 N–H and O–H groups in total. The molecule has 0 unspecified atom stereocenters. The Hall–Kier alpha value is -1.72. The molecule has 1 heterocycles. The highest BCUT2D eigenvalue weighted by atomic mass is 35.5. The normalized spacial score (nSPS) is 10.2. The largest absolute Gasteiger partial charge is 0.370 e. The maximum Gasteiger partial charge on any atom is 0.296 e. The Bertz CT molecular complexity index is 675. The lowest BCUT2D eigenvalue weighted by Crippen LogP contribution is -2.24. The topological polar surface area (TPSA) is 86.4 Å². The van der Waals surface area contributed by atoms with E-state index in [4.69, 9.17) is 23.1 Å². The minimum atomic E-state index is -0.437. The van der Waals surface area contributed by atoms with Gasteiger partial charge in [-0.1, -0.05) is 24.9 Å². The van der Waals surface area contributed by atoms with Gasteiger partial charge in [0.2, 0.25) is 0 Å². The number of guanidine groups is 1. The molecule has 21 heavy (non-hydrogen) atoms. The molecule has 0 aliphatic rings. The number of amides is 1. The SMILES string of the molecule is CCCCn1c(C(=O)N=C(N)N)cc2cc(Cl)ccc21.Cl. The molecule has 0 bridgehead atoms. The van der Waals surface area contributed by atoms with Crippen LogP contribution in [-0.2, 0) is 6.54 Å². The van der Waals surface area contributed by atoms with Gasteiger partial charge in [-0.15, -0.1) is 12.4 Å². The van der Waals surface area contributed by atoms with Gasteiger partial charge < -0.3 is 16.0 Å². The minimum absolute atomic E-state index is 0. The van der Waals surface area contributed by atoms with Gasteiger partial charge in [-0.3, -0.25) is 4.79 Å². The predicted molar refractivity (Wildman–Crippen MR) is 89.2 cm³/mol. The van der Waals surface area contributed by atoms with Gasteiger partial charge in [-0.2, -0.15) is 4.99 Å². The molecule has 0 fully saturated rings. The molecule has 0 spiro atoms. The molecular formula is C14H18Cl2N4O. The first-order valence-corrected chi connectivity index (χ1v) is 6.83. The maximum absolute atomic E-state index is 12.1. The Balaban J connectivity index is 0.00000220. The van der Waals surface area contributed by atoms with Crippen molar-refractivity contribution < 1.29 is 4.79 Å². The quantitative estimate of drug-likeness (QED) is 0.668. The molecule has 7 heteroatoms. The zero-order chi connectivity index (χ0) is 14.7. The molecule has 1 aromatic carbocycles. The van der Waals surface area contributed by atoms with Gasteiger partial charge in [0.15, 0.2) is 5.96 Å². The Morgan fingerprint density at radius 2 is 2.05 bits per heavy atom. The van der Waals surface area contributed by atoms with Gasteiger partial charge in [0.05, 0.1) is 0 Å². The van der Waals surface area contributed by atoms with E-state index in [1.165, 1.54) is 0 Å². The number of aryl methyl sites for hydroxylation is 1. The average molecular weight is 329 g/mol. The van der Waals surface area contributed by atoms with Crippen LogP contribution in [0.4, 0.5) is 0 Å².